The highest BCUT2D eigenvalue weighted by atomic mass is 35.5. The van der Waals surface area contributed by atoms with Gasteiger partial charge < -0.3 is 11.1 Å². The van der Waals surface area contributed by atoms with Crippen molar-refractivity contribution in [3.8, 4) is 0 Å². The van der Waals surface area contributed by atoms with E-state index < -0.39 is 0 Å². The van der Waals surface area contributed by atoms with Crippen LogP contribution in [0.1, 0.15) is 10.6 Å². The summed E-state index contributed by atoms with van der Waals surface area (Å²) < 4.78 is 2.45. The first-order chi connectivity index (χ1) is 8.67. The lowest BCUT2D eigenvalue weighted by atomic mass is 10.4. The highest BCUT2D eigenvalue weighted by molar-refractivity contribution is 7.16. The average Bonchev–Trinajstić information content (AvgIpc) is 2.96. The summed E-state index contributed by atoms with van der Waals surface area (Å²) in [6, 6.07) is 3.80. The average molecular weight is 286 g/mol. The van der Waals surface area contributed by atoms with Crippen LogP contribution < -0.4 is 11.1 Å². The molecule has 2 heterocycles. The van der Waals surface area contributed by atoms with Crippen molar-refractivity contribution >= 4 is 28.8 Å². The van der Waals surface area contributed by atoms with Crippen LogP contribution >= 0.6 is 22.9 Å². The molecule has 0 spiro atoms. The Morgan fingerprint density at radius 2 is 2.39 bits per heavy atom. The molecule has 0 saturated carbocycles. The minimum atomic E-state index is -0.213. The number of nitrogens with two attached hydrogens (primary N) is 1. The van der Waals surface area contributed by atoms with Gasteiger partial charge in [-0.05, 0) is 12.1 Å². The molecule has 0 radical (unpaired) electrons. The summed E-state index contributed by atoms with van der Waals surface area (Å²) in [7, 11) is 0. The first kappa shape index (κ1) is 13.0. The van der Waals surface area contributed by atoms with Gasteiger partial charge in [-0.15, -0.1) is 16.4 Å². The van der Waals surface area contributed by atoms with Crippen molar-refractivity contribution < 1.29 is 4.79 Å². The second kappa shape index (κ2) is 5.94. The second-order valence-corrected chi connectivity index (χ2v) is 5.39. The quantitative estimate of drug-likeness (QED) is 0.843. The van der Waals surface area contributed by atoms with Gasteiger partial charge in [-0.1, -0.05) is 16.8 Å². The molecule has 0 atom stereocenters. The summed E-state index contributed by atoms with van der Waals surface area (Å²) >= 11 is 7.35. The fourth-order valence-electron chi connectivity index (χ4n) is 1.35. The zero-order chi connectivity index (χ0) is 13.0. The summed E-state index contributed by atoms with van der Waals surface area (Å²) in [5.41, 5.74) is 5.88. The predicted molar refractivity (Wildman–Crippen MR) is 69.4 cm³/mol. The molecule has 2 aromatic rings. The van der Waals surface area contributed by atoms with Crippen molar-refractivity contribution in [3.05, 3.63) is 33.2 Å². The Labute approximate surface area is 113 Å². The van der Waals surface area contributed by atoms with Crippen molar-refractivity contribution in [2.75, 3.05) is 6.54 Å². The van der Waals surface area contributed by atoms with Crippen molar-refractivity contribution in [2.45, 2.75) is 13.1 Å². The third-order valence-electron chi connectivity index (χ3n) is 2.18. The van der Waals surface area contributed by atoms with E-state index in [1.165, 1.54) is 11.3 Å². The van der Waals surface area contributed by atoms with Gasteiger partial charge in [-0.3, -0.25) is 4.79 Å². The molecular weight excluding hydrogens is 274 g/mol. The lowest BCUT2D eigenvalue weighted by Gasteiger charge is -1.98. The van der Waals surface area contributed by atoms with Crippen LogP contribution in [0.5, 0.6) is 0 Å². The minimum Gasteiger partial charge on any atom is -0.349 e. The zero-order valence-corrected chi connectivity index (χ0v) is 11.0. The highest BCUT2D eigenvalue weighted by Gasteiger charge is 2.04. The Kier molecular flexibility index (Phi) is 4.29. The SMILES string of the molecule is NCC(=O)NCc1cn(Cc2ccc(Cl)s2)nn1. The largest absolute Gasteiger partial charge is 0.349 e. The molecule has 18 heavy (non-hydrogen) atoms. The molecule has 0 aliphatic heterocycles. The lowest BCUT2D eigenvalue weighted by molar-refractivity contribution is -0.119. The van der Waals surface area contributed by atoms with Crippen LogP contribution in [0.2, 0.25) is 4.34 Å². The third kappa shape index (κ3) is 3.52. The third-order valence-corrected chi connectivity index (χ3v) is 3.40. The molecule has 6 nitrogen and oxygen atoms in total. The van der Waals surface area contributed by atoms with Crippen molar-refractivity contribution in [3.63, 3.8) is 0 Å². The molecule has 0 aliphatic carbocycles. The molecule has 0 unspecified atom stereocenters. The number of carbonyl (C=O) groups excluding carboxylic acids is 1. The topological polar surface area (TPSA) is 85.8 Å². The van der Waals surface area contributed by atoms with E-state index in [-0.39, 0.29) is 12.5 Å². The lowest BCUT2D eigenvalue weighted by Crippen LogP contribution is -2.29. The summed E-state index contributed by atoms with van der Waals surface area (Å²) in [4.78, 5) is 12.1. The molecular formula is C10H12ClN5OS. The molecule has 96 valence electrons. The number of carbonyl (C=O) groups is 1. The van der Waals surface area contributed by atoms with E-state index in [1.54, 1.807) is 10.9 Å². The number of amides is 1. The van der Waals surface area contributed by atoms with Crippen LogP contribution in [0.15, 0.2) is 18.3 Å². The van der Waals surface area contributed by atoms with Gasteiger partial charge in [0.15, 0.2) is 0 Å². The molecule has 1 amide bonds. The number of nitrogens with one attached hydrogen (secondary N) is 1. The Balaban J connectivity index is 1.91. The minimum absolute atomic E-state index is 0.0260. The first-order valence-corrected chi connectivity index (χ1v) is 6.47. The van der Waals surface area contributed by atoms with Gasteiger partial charge in [0.2, 0.25) is 5.91 Å². The summed E-state index contributed by atoms with van der Waals surface area (Å²) in [6.07, 6.45) is 1.78. The molecule has 8 heteroatoms. The standard InChI is InChI=1S/C10H12ClN5OS/c11-9-2-1-8(18-9)6-16-5-7(14-15-16)4-13-10(17)3-12/h1-2,5H,3-4,6,12H2,(H,13,17). The maximum atomic E-state index is 11.0. The summed E-state index contributed by atoms with van der Waals surface area (Å²) in [5, 5.41) is 10.6. The first-order valence-electron chi connectivity index (χ1n) is 5.27. The summed E-state index contributed by atoms with van der Waals surface area (Å²) in [5.74, 6) is -0.213. The second-order valence-electron chi connectivity index (χ2n) is 3.59. The van der Waals surface area contributed by atoms with Crippen molar-refractivity contribution in [1.82, 2.24) is 20.3 Å². The van der Waals surface area contributed by atoms with E-state index >= 15 is 0 Å². The number of halogens is 1. The van der Waals surface area contributed by atoms with Crippen LogP contribution in [0, 0.1) is 0 Å². The fraction of sp³-hybridized carbons (Fsp3) is 0.300. The Hall–Kier alpha value is -1.44. The van der Waals surface area contributed by atoms with E-state index in [4.69, 9.17) is 17.3 Å². The maximum Gasteiger partial charge on any atom is 0.234 e. The monoisotopic (exact) mass is 285 g/mol. The smallest absolute Gasteiger partial charge is 0.234 e. The van der Waals surface area contributed by atoms with Gasteiger partial charge in [0, 0.05) is 4.88 Å². The molecule has 0 aromatic carbocycles. The molecule has 0 aliphatic rings. The van der Waals surface area contributed by atoms with Gasteiger partial charge in [0.25, 0.3) is 0 Å². The molecule has 2 rings (SSSR count). The summed E-state index contributed by atoms with van der Waals surface area (Å²) in [6.45, 7) is 0.929. The van der Waals surface area contributed by atoms with Crippen molar-refractivity contribution in [1.29, 1.82) is 0 Å². The van der Waals surface area contributed by atoms with Crippen LogP contribution in [-0.2, 0) is 17.9 Å². The fourth-order valence-corrected chi connectivity index (χ4v) is 2.43. The zero-order valence-electron chi connectivity index (χ0n) is 9.47. The maximum absolute atomic E-state index is 11.0. The number of nitrogens with zero attached hydrogens (tertiary/aromatic N) is 3. The number of rotatable bonds is 5. The normalized spacial score (nSPS) is 10.6. The van der Waals surface area contributed by atoms with Gasteiger partial charge in [0.05, 0.1) is 30.2 Å². The Morgan fingerprint density at radius 1 is 1.56 bits per heavy atom. The van der Waals surface area contributed by atoms with E-state index in [0.717, 1.165) is 9.21 Å². The molecule has 3 N–H and O–H groups in total. The molecule has 0 bridgehead atoms. The number of hydrogen-bond donors (Lipinski definition) is 2. The van der Waals surface area contributed by atoms with E-state index in [2.05, 4.69) is 15.6 Å². The highest BCUT2D eigenvalue weighted by Crippen LogP contribution is 2.21. The van der Waals surface area contributed by atoms with Crippen LogP contribution in [0.4, 0.5) is 0 Å². The Morgan fingerprint density at radius 3 is 3.06 bits per heavy atom. The van der Waals surface area contributed by atoms with Crippen LogP contribution in [0.25, 0.3) is 0 Å². The number of hydrogen-bond acceptors (Lipinski definition) is 5. The van der Waals surface area contributed by atoms with E-state index in [9.17, 15) is 4.79 Å². The Bertz CT molecular complexity index is 538. The molecule has 0 fully saturated rings. The van der Waals surface area contributed by atoms with E-state index in [0.29, 0.717) is 18.8 Å². The molecule has 0 saturated heterocycles. The number of aromatic nitrogens is 3. The van der Waals surface area contributed by atoms with Gasteiger partial charge in [-0.25, -0.2) is 4.68 Å². The van der Waals surface area contributed by atoms with Crippen LogP contribution in [0.3, 0.4) is 0 Å². The number of thiophene rings is 1. The van der Waals surface area contributed by atoms with Gasteiger partial charge >= 0.3 is 0 Å². The predicted octanol–water partition coefficient (Wildman–Crippen LogP) is 0.616. The van der Waals surface area contributed by atoms with Crippen LogP contribution in [-0.4, -0.2) is 27.4 Å². The van der Waals surface area contributed by atoms with E-state index in [1.807, 2.05) is 12.1 Å². The van der Waals surface area contributed by atoms with Gasteiger partial charge in [-0.2, -0.15) is 0 Å². The molecule has 2 aromatic heterocycles. The van der Waals surface area contributed by atoms with Crippen molar-refractivity contribution in [2.24, 2.45) is 5.73 Å². The van der Waals surface area contributed by atoms with Gasteiger partial charge in [0.1, 0.15) is 5.69 Å².